The van der Waals surface area contributed by atoms with Crippen molar-refractivity contribution in [2.45, 2.75) is 6.10 Å². The Kier molecular flexibility index (Phi) is 5.55. The van der Waals surface area contributed by atoms with Gasteiger partial charge in [-0.2, -0.15) is 0 Å². The lowest BCUT2D eigenvalue weighted by Crippen LogP contribution is -2.51. The highest BCUT2D eigenvalue weighted by Gasteiger charge is 2.27. The maximum absolute atomic E-state index is 12.1. The second-order valence-electron chi connectivity index (χ2n) is 6.34. The van der Waals surface area contributed by atoms with Gasteiger partial charge in [0, 0.05) is 0 Å². The topological polar surface area (TPSA) is 121 Å². The van der Waals surface area contributed by atoms with Crippen molar-refractivity contribution in [2.24, 2.45) is 0 Å². The lowest BCUT2D eigenvalue weighted by atomic mass is 10.2. The largest absolute Gasteiger partial charge is 0.486 e. The summed E-state index contributed by atoms with van der Waals surface area (Å²) in [7, 11) is 0. The van der Waals surface area contributed by atoms with Crippen LogP contribution < -0.4 is 29.8 Å². The second kappa shape index (κ2) is 8.60. The van der Waals surface area contributed by atoms with Gasteiger partial charge in [0.05, 0.1) is 5.56 Å². The molecule has 4 rings (SSSR count). The number of amides is 2. The third-order valence-corrected chi connectivity index (χ3v) is 4.24. The number of para-hydroxylation sites is 2. The summed E-state index contributed by atoms with van der Waals surface area (Å²) >= 11 is 0. The Morgan fingerprint density at radius 2 is 1.63 bits per heavy atom. The molecule has 0 aromatic heterocycles. The van der Waals surface area contributed by atoms with Crippen LogP contribution >= 0.6 is 0 Å². The van der Waals surface area contributed by atoms with Crippen molar-refractivity contribution in [1.82, 2.24) is 10.9 Å². The van der Waals surface area contributed by atoms with Gasteiger partial charge in [-0.1, -0.05) is 12.1 Å². The number of hydrogen-bond acceptors (Lipinski definition) is 8. The van der Waals surface area contributed by atoms with Crippen LogP contribution in [0.1, 0.15) is 10.4 Å². The van der Waals surface area contributed by atoms with Gasteiger partial charge in [-0.05, 0) is 30.3 Å². The molecule has 0 fully saturated rings. The molecule has 0 saturated carbocycles. The zero-order valence-electron chi connectivity index (χ0n) is 15.7. The van der Waals surface area contributed by atoms with Gasteiger partial charge in [0.2, 0.25) is 6.10 Å². The molecule has 0 bridgehead atoms. The zero-order chi connectivity index (χ0) is 20.9. The van der Waals surface area contributed by atoms with E-state index in [0.717, 1.165) is 0 Å². The van der Waals surface area contributed by atoms with Crippen molar-refractivity contribution >= 4 is 17.8 Å². The Morgan fingerprint density at radius 3 is 2.47 bits per heavy atom. The number of hydrazine groups is 1. The molecule has 2 aromatic rings. The van der Waals surface area contributed by atoms with Crippen LogP contribution in [0.5, 0.6) is 23.0 Å². The maximum atomic E-state index is 12.1. The molecule has 0 spiro atoms. The van der Waals surface area contributed by atoms with Gasteiger partial charge >= 0.3 is 5.97 Å². The van der Waals surface area contributed by atoms with E-state index in [-0.39, 0.29) is 12.2 Å². The van der Waals surface area contributed by atoms with Crippen LogP contribution in [0.4, 0.5) is 0 Å². The average Bonchev–Trinajstić information content (AvgIpc) is 2.80. The van der Waals surface area contributed by atoms with E-state index in [1.165, 1.54) is 12.1 Å². The van der Waals surface area contributed by atoms with Crippen LogP contribution in [0.2, 0.25) is 0 Å². The highest BCUT2D eigenvalue weighted by Crippen LogP contribution is 2.31. The van der Waals surface area contributed by atoms with Crippen molar-refractivity contribution < 1.29 is 38.1 Å². The maximum Gasteiger partial charge on any atom is 0.338 e. The number of fused-ring (bicyclic) bond motifs is 2. The Hall–Kier alpha value is -3.95. The highest BCUT2D eigenvalue weighted by molar-refractivity contribution is 5.92. The first-order valence-electron chi connectivity index (χ1n) is 9.14. The molecule has 2 aliphatic rings. The minimum atomic E-state index is -0.930. The molecule has 1 atom stereocenters. The van der Waals surface area contributed by atoms with Gasteiger partial charge in [0.25, 0.3) is 11.8 Å². The molecule has 0 saturated heterocycles. The highest BCUT2D eigenvalue weighted by atomic mass is 16.6. The first-order valence-corrected chi connectivity index (χ1v) is 9.14. The number of rotatable bonds is 4. The summed E-state index contributed by atoms with van der Waals surface area (Å²) in [5.74, 6) is -0.0878. The molecule has 2 amide bonds. The number of carbonyl (C=O) groups is 3. The van der Waals surface area contributed by atoms with Crippen LogP contribution in [-0.4, -0.2) is 50.3 Å². The number of benzene rings is 2. The van der Waals surface area contributed by atoms with Gasteiger partial charge < -0.3 is 23.7 Å². The van der Waals surface area contributed by atoms with Gasteiger partial charge in [0.1, 0.15) is 19.8 Å². The second-order valence-corrected chi connectivity index (χ2v) is 6.34. The van der Waals surface area contributed by atoms with Crippen molar-refractivity contribution in [3.05, 3.63) is 48.0 Å². The summed E-state index contributed by atoms with van der Waals surface area (Å²) in [6.45, 7) is 0.235. The first-order chi connectivity index (χ1) is 14.6. The predicted octanol–water partition coefficient (Wildman–Crippen LogP) is 0.602. The van der Waals surface area contributed by atoms with Crippen LogP contribution in [0.3, 0.4) is 0 Å². The summed E-state index contributed by atoms with van der Waals surface area (Å²) in [6, 6.07) is 11.5. The molecular weight excluding hydrogens is 396 g/mol. The summed E-state index contributed by atoms with van der Waals surface area (Å²) < 4.78 is 26.7. The minimum absolute atomic E-state index is 0.00217. The standard InChI is InChI=1S/C20H18N2O8/c23-18(11-29-20(25)12-5-6-14-16(9-12)27-8-7-26-14)21-22-19(24)17-10-28-13-3-1-2-4-15(13)30-17/h1-6,9,17H,7-8,10-11H2,(H,21,23)(H,22,24)/t17-/m1/s1. The fourth-order valence-corrected chi connectivity index (χ4v) is 2.78. The molecule has 0 aliphatic carbocycles. The fraction of sp³-hybridized carbons (Fsp3) is 0.250. The summed E-state index contributed by atoms with van der Waals surface area (Å²) in [4.78, 5) is 36.1. The van der Waals surface area contributed by atoms with E-state index in [2.05, 4.69) is 10.9 Å². The minimum Gasteiger partial charge on any atom is -0.486 e. The molecule has 10 heteroatoms. The zero-order valence-corrected chi connectivity index (χ0v) is 15.7. The Morgan fingerprint density at radius 1 is 0.900 bits per heavy atom. The molecule has 2 N–H and O–H groups in total. The molecule has 0 radical (unpaired) electrons. The lowest BCUT2D eigenvalue weighted by Gasteiger charge is -2.25. The molecule has 2 aliphatic heterocycles. The van der Waals surface area contributed by atoms with Crippen molar-refractivity contribution in [2.75, 3.05) is 26.4 Å². The molecule has 30 heavy (non-hydrogen) atoms. The van der Waals surface area contributed by atoms with Crippen LogP contribution in [0.25, 0.3) is 0 Å². The Bertz CT molecular complexity index is 977. The summed E-state index contributed by atoms with van der Waals surface area (Å²) in [6.07, 6.45) is -0.930. The van der Waals surface area contributed by atoms with Gasteiger partial charge in [0.15, 0.2) is 29.6 Å². The van der Waals surface area contributed by atoms with E-state index in [0.29, 0.717) is 36.2 Å². The SMILES string of the molecule is O=C(COC(=O)c1ccc2c(c1)OCCO2)NNC(=O)[C@H]1COc2ccccc2O1. The molecule has 2 aromatic carbocycles. The monoisotopic (exact) mass is 414 g/mol. The Labute approximate surface area is 171 Å². The van der Waals surface area contributed by atoms with E-state index in [4.69, 9.17) is 23.7 Å². The summed E-state index contributed by atoms with van der Waals surface area (Å²) in [5, 5.41) is 0. The molecule has 10 nitrogen and oxygen atoms in total. The van der Waals surface area contributed by atoms with E-state index in [1.807, 2.05) is 0 Å². The number of nitrogens with one attached hydrogen (secondary N) is 2. The van der Waals surface area contributed by atoms with Crippen LogP contribution in [0, 0.1) is 0 Å². The van der Waals surface area contributed by atoms with Crippen LogP contribution in [-0.2, 0) is 14.3 Å². The number of carbonyl (C=O) groups excluding carboxylic acids is 3. The number of ether oxygens (including phenoxy) is 5. The lowest BCUT2D eigenvalue weighted by molar-refractivity contribution is -0.135. The number of hydrogen-bond donors (Lipinski definition) is 2. The van der Waals surface area contributed by atoms with Gasteiger partial charge in [-0.15, -0.1) is 0 Å². The summed E-state index contributed by atoms with van der Waals surface area (Å²) in [5.41, 5.74) is 4.59. The van der Waals surface area contributed by atoms with Gasteiger partial charge in [-0.3, -0.25) is 20.4 Å². The first kappa shape index (κ1) is 19.4. The van der Waals surface area contributed by atoms with Gasteiger partial charge in [-0.25, -0.2) is 4.79 Å². The van der Waals surface area contributed by atoms with Crippen molar-refractivity contribution in [1.29, 1.82) is 0 Å². The van der Waals surface area contributed by atoms with Crippen LogP contribution in [0.15, 0.2) is 42.5 Å². The third-order valence-electron chi connectivity index (χ3n) is 4.24. The predicted molar refractivity (Wildman–Crippen MR) is 100 cm³/mol. The molecule has 156 valence electrons. The van der Waals surface area contributed by atoms with E-state index < -0.39 is 30.5 Å². The number of esters is 1. The fourth-order valence-electron chi connectivity index (χ4n) is 2.78. The van der Waals surface area contributed by atoms with Crippen molar-refractivity contribution in [3.63, 3.8) is 0 Å². The van der Waals surface area contributed by atoms with E-state index >= 15 is 0 Å². The smallest absolute Gasteiger partial charge is 0.338 e. The van der Waals surface area contributed by atoms with E-state index in [9.17, 15) is 14.4 Å². The third kappa shape index (κ3) is 4.37. The molecule has 2 heterocycles. The molecule has 0 unspecified atom stereocenters. The Balaban J connectivity index is 1.22. The normalized spacial score (nSPS) is 16.2. The van der Waals surface area contributed by atoms with Crippen molar-refractivity contribution in [3.8, 4) is 23.0 Å². The average molecular weight is 414 g/mol. The van der Waals surface area contributed by atoms with E-state index in [1.54, 1.807) is 30.3 Å². The quantitative estimate of drug-likeness (QED) is 0.551. The molecular formula is C20H18N2O8.